The molecule has 2 aromatic rings. The molecule has 2 aromatic carbocycles. The van der Waals surface area contributed by atoms with Crippen molar-refractivity contribution >= 4 is 21.6 Å². The lowest BCUT2D eigenvalue weighted by Crippen LogP contribution is -2.40. The Balaban J connectivity index is 1.69. The first-order chi connectivity index (χ1) is 13.4. The number of hydrogen-bond acceptors (Lipinski definition) is 5. The quantitative estimate of drug-likeness (QED) is 0.792. The zero-order chi connectivity index (χ0) is 20.1. The number of nitrogens with zero attached hydrogens (tertiary/aromatic N) is 1. The number of carbonyl (C=O) groups is 1. The van der Waals surface area contributed by atoms with Crippen LogP contribution in [0.25, 0.3) is 0 Å². The van der Waals surface area contributed by atoms with Gasteiger partial charge in [-0.2, -0.15) is 4.31 Å². The Morgan fingerprint density at radius 2 is 1.96 bits per heavy atom. The molecule has 0 radical (unpaired) electrons. The van der Waals surface area contributed by atoms with Gasteiger partial charge in [0.2, 0.25) is 10.0 Å². The highest BCUT2D eigenvalue weighted by Crippen LogP contribution is 2.24. The van der Waals surface area contributed by atoms with Crippen molar-refractivity contribution in [1.82, 2.24) is 4.31 Å². The smallest absolute Gasteiger partial charge is 0.262 e. The van der Waals surface area contributed by atoms with Crippen LogP contribution in [0.5, 0.6) is 5.75 Å². The summed E-state index contributed by atoms with van der Waals surface area (Å²) in [5, 5.41) is 2.53. The second-order valence-corrected chi connectivity index (χ2v) is 8.22. The minimum absolute atomic E-state index is 0.155. The predicted octanol–water partition coefficient (Wildman–Crippen LogP) is 2.17. The van der Waals surface area contributed by atoms with E-state index in [0.29, 0.717) is 5.75 Å². The SMILES string of the molecule is Cc1cccc(OCC(=O)Nc2ccc(F)c(S(=O)(=O)N3CCOCC3)c2)c1. The fourth-order valence-corrected chi connectivity index (χ4v) is 4.25. The van der Waals surface area contributed by atoms with Gasteiger partial charge in [-0.25, -0.2) is 12.8 Å². The van der Waals surface area contributed by atoms with Crippen molar-refractivity contribution in [2.45, 2.75) is 11.8 Å². The standard InChI is InChI=1S/C19H21FN2O5S/c1-14-3-2-4-16(11-14)27-13-19(23)21-15-5-6-17(20)18(12-15)28(24,25)22-7-9-26-10-8-22/h2-6,11-12H,7-10,13H2,1H3,(H,21,23). The Kier molecular flexibility index (Phi) is 6.28. The highest BCUT2D eigenvalue weighted by molar-refractivity contribution is 7.89. The molecule has 1 aliphatic heterocycles. The van der Waals surface area contributed by atoms with Crippen molar-refractivity contribution in [2.75, 3.05) is 38.2 Å². The van der Waals surface area contributed by atoms with Crippen molar-refractivity contribution in [2.24, 2.45) is 0 Å². The van der Waals surface area contributed by atoms with Gasteiger partial charge in [0.15, 0.2) is 6.61 Å². The van der Waals surface area contributed by atoms with E-state index < -0.39 is 26.6 Å². The van der Waals surface area contributed by atoms with Gasteiger partial charge in [0.25, 0.3) is 5.91 Å². The van der Waals surface area contributed by atoms with Crippen molar-refractivity contribution in [3.05, 3.63) is 53.8 Å². The van der Waals surface area contributed by atoms with Crippen molar-refractivity contribution in [3.8, 4) is 5.75 Å². The lowest BCUT2D eigenvalue weighted by molar-refractivity contribution is -0.118. The Hall–Kier alpha value is -2.49. The van der Waals surface area contributed by atoms with Gasteiger partial charge < -0.3 is 14.8 Å². The molecule has 0 aromatic heterocycles. The van der Waals surface area contributed by atoms with E-state index in [-0.39, 0.29) is 38.6 Å². The molecule has 28 heavy (non-hydrogen) atoms. The number of aryl methyl sites for hydroxylation is 1. The molecule has 7 nitrogen and oxygen atoms in total. The maximum absolute atomic E-state index is 14.2. The summed E-state index contributed by atoms with van der Waals surface area (Å²) >= 11 is 0. The van der Waals surface area contributed by atoms with Gasteiger partial charge in [0.05, 0.1) is 13.2 Å². The summed E-state index contributed by atoms with van der Waals surface area (Å²) in [4.78, 5) is 11.6. The number of nitrogens with one attached hydrogen (secondary N) is 1. The van der Waals surface area contributed by atoms with Crippen LogP contribution in [0.3, 0.4) is 0 Å². The lowest BCUT2D eigenvalue weighted by atomic mass is 10.2. The van der Waals surface area contributed by atoms with Crippen LogP contribution in [0.1, 0.15) is 5.56 Å². The fourth-order valence-electron chi connectivity index (χ4n) is 2.76. The molecule has 0 atom stereocenters. The maximum atomic E-state index is 14.2. The molecular weight excluding hydrogens is 387 g/mol. The van der Waals surface area contributed by atoms with Gasteiger partial charge >= 0.3 is 0 Å². The number of carbonyl (C=O) groups excluding carboxylic acids is 1. The number of halogens is 1. The monoisotopic (exact) mass is 408 g/mol. The molecule has 0 unspecified atom stereocenters. The molecule has 0 bridgehead atoms. The van der Waals surface area contributed by atoms with E-state index in [4.69, 9.17) is 9.47 Å². The first-order valence-corrected chi connectivity index (χ1v) is 10.2. The fraction of sp³-hybridized carbons (Fsp3) is 0.316. The summed E-state index contributed by atoms with van der Waals surface area (Å²) in [6, 6.07) is 10.7. The van der Waals surface area contributed by atoms with Gasteiger partial charge in [-0.05, 0) is 42.8 Å². The predicted molar refractivity (Wildman–Crippen MR) is 101 cm³/mol. The molecule has 3 rings (SSSR count). The van der Waals surface area contributed by atoms with Gasteiger partial charge in [0.1, 0.15) is 16.5 Å². The van der Waals surface area contributed by atoms with E-state index in [2.05, 4.69) is 5.32 Å². The van der Waals surface area contributed by atoms with Crippen molar-refractivity contribution in [1.29, 1.82) is 0 Å². The number of sulfonamides is 1. The molecule has 0 aliphatic carbocycles. The van der Waals surface area contributed by atoms with Crippen LogP contribution < -0.4 is 10.1 Å². The third kappa shape index (κ3) is 4.86. The van der Waals surface area contributed by atoms with E-state index in [1.165, 1.54) is 10.4 Å². The number of hydrogen-bond donors (Lipinski definition) is 1. The molecule has 1 heterocycles. The van der Waals surface area contributed by atoms with E-state index in [0.717, 1.165) is 17.7 Å². The largest absolute Gasteiger partial charge is 0.484 e. The minimum atomic E-state index is -4.02. The van der Waals surface area contributed by atoms with Crippen LogP contribution in [-0.2, 0) is 19.6 Å². The second-order valence-electron chi connectivity index (χ2n) is 6.32. The van der Waals surface area contributed by atoms with Crippen molar-refractivity contribution in [3.63, 3.8) is 0 Å². The van der Waals surface area contributed by atoms with Crippen LogP contribution in [-0.4, -0.2) is 51.5 Å². The molecule has 1 saturated heterocycles. The number of amides is 1. The lowest BCUT2D eigenvalue weighted by Gasteiger charge is -2.26. The third-order valence-electron chi connectivity index (χ3n) is 4.16. The topological polar surface area (TPSA) is 84.9 Å². The first-order valence-electron chi connectivity index (χ1n) is 8.73. The van der Waals surface area contributed by atoms with Crippen molar-refractivity contribution < 1.29 is 27.1 Å². The maximum Gasteiger partial charge on any atom is 0.262 e. The Morgan fingerprint density at radius 1 is 1.21 bits per heavy atom. The van der Waals surface area contributed by atoms with Crippen LogP contribution in [0, 0.1) is 12.7 Å². The molecular formula is C19H21FN2O5S. The van der Waals surface area contributed by atoms with E-state index in [9.17, 15) is 17.6 Å². The minimum Gasteiger partial charge on any atom is -0.484 e. The van der Waals surface area contributed by atoms with E-state index in [1.54, 1.807) is 12.1 Å². The Labute approximate surface area is 163 Å². The van der Waals surface area contributed by atoms with Crippen LogP contribution in [0.15, 0.2) is 47.4 Å². The molecule has 9 heteroatoms. The highest BCUT2D eigenvalue weighted by Gasteiger charge is 2.29. The first kappa shape index (κ1) is 20.2. The van der Waals surface area contributed by atoms with Gasteiger partial charge in [-0.1, -0.05) is 12.1 Å². The Bertz CT molecular complexity index is 959. The molecule has 1 aliphatic rings. The van der Waals surface area contributed by atoms with E-state index in [1.807, 2.05) is 19.1 Å². The molecule has 0 spiro atoms. The molecule has 1 amide bonds. The average molecular weight is 408 g/mol. The third-order valence-corrected chi connectivity index (χ3v) is 6.08. The summed E-state index contributed by atoms with van der Waals surface area (Å²) < 4.78 is 51.3. The van der Waals surface area contributed by atoms with Crippen LogP contribution in [0.2, 0.25) is 0 Å². The zero-order valence-corrected chi connectivity index (χ0v) is 16.2. The molecule has 150 valence electrons. The summed E-state index contributed by atoms with van der Waals surface area (Å²) in [5.74, 6) is -0.812. The van der Waals surface area contributed by atoms with Gasteiger partial charge in [-0.3, -0.25) is 4.79 Å². The molecule has 1 fully saturated rings. The molecule has 0 saturated carbocycles. The summed E-state index contributed by atoms with van der Waals surface area (Å²) in [7, 11) is -4.02. The zero-order valence-electron chi connectivity index (χ0n) is 15.4. The Morgan fingerprint density at radius 3 is 2.68 bits per heavy atom. The van der Waals surface area contributed by atoms with Gasteiger partial charge in [0, 0.05) is 18.8 Å². The average Bonchev–Trinajstić information content (AvgIpc) is 2.68. The summed E-state index contributed by atoms with van der Waals surface area (Å²) in [5.41, 5.74) is 1.17. The normalized spacial score (nSPS) is 15.2. The number of benzene rings is 2. The number of rotatable bonds is 6. The highest BCUT2D eigenvalue weighted by atomic mass is 32.2. The summed E-state index contributed by atoms with van der Waals surface area (Å²) in [6.45, 7) is 2.47. The number of morpholine rings is 1. The van der Waals surface area contributed by atoms with Crippen LogP contribution in [0.4, 0.5) is 10.1 Å². The van der Waals surface area contributed by atoms with Crippen LogP contribution >= 0.6 is 0 Å². The van der Waals surface area contributed by atoms with E-state index >= 15 is 0 Å². The second kappa shape index (κ2) is 8.68. The summed E-state index contributed by atoms with van der Waals surface area (Å²) in [6.07, 6.45) is 0. The number of anilines is 1. The van der Waals surface area contributed by atoms with Gasteiger partial charge in [-0.15, -0.1) is 0 Å². The number of ether oxygens (including phenoxy) is 2. The molecule has 1 N–H and O–H groups in total.